The molecule has 144 valence electrons. The van der Waals surface area contributed by atoms with Crippen molar-refractivity contribution in [2.75, 3.05) is 39.5 Å². The van der Waals surface area contributed by atoms with E-state index in [-0.39, 0.29) is 17.9 Å². The van der Waals surface area contributed by atoms with Crippen LogP contribution in [0.15, 0.2) is 18.2 Å². The van der Waals surface area contributed by atoms with Gasteiger partial charge in [0.25, 0.3) is 0 Å². The highest BCUT2D eigenvalue weighted by Crippen LogP contribution is 2.41. The first-order valence-electron chi connectivity index (χ1n) is 9.76. The minimum absolute atomic E-state index is 0.104. The van der Waals surface area contributed by atoms with Crippen LogP contribution in [0.3, 0.4) is 0 Å². The normalized spacial score (nSPS) is 25.2. The molecule has 26 heavy (non-hydrogen) atoms. The fourth-order valence-corrected chi connectivity index (χ4v) is 4.30. The number of aryl methyl sites for hydroxylation is 2. The Morgan fingerprint density at radius 2 is 2.31 bits per heavy atom. The zero-order valence-corrected chi connectivity index (χ0v) is 16.0. The Morgan fingerprint density at radius 1 is 1.46 bits per heavy atom. The summed E-state index contributed by atoms with van der Waals surface area (Å²) in [7, 11) is 0. The van der Waals surface area contributed by atoms with Gasteiger partial charge < -0.3 is 19.5 Å². The maximum Gasteiger partial charge on any atom is 0.222 e. The van der Waals surface area contributed by atoms with E-state index >= 15 is 0 Å². The third kappa shape index (κ3) is 4.04. The van der Waals surface area contributed by atoms with Crippen LogP contribution in [-0.2, 0) is 16.0 Å². The molecule has 0 bridgehead atoms. The molecule has 1 aromatic rings. The highest BCUT2D eigenvalue weighted by atomic mass is 16.5. The highest BCUT2D eigenvalue weighted by molar-refractivity contribution is 5.76. The van der Waals surface area contributed by atoms with Gasteiger partial charge in [0, 0.05) is 31.5 Å². The molecule has 0 radical (unpaired) electrons. The summed E-state index contributed by atoms with van der Waals surface area (Å²) in [5.41, 5.74) is 2.15. The van der Waals surface area contributed by atoms with Gasteiger partial charge in [-0.05, 0) is 56.2 Å². The van der Waals surface area contributed by atoms with Crippen LogP contribution in [0.1, 0.15) is 37.3 Å². The van der Waals surface area contributed by atoms with Crippen molar-refractivity contribution in [1.82, 2.24) is 4.90 Å². The van der Waals surface area contributed by atoms with Crippen molar-refractivity contribution in [3.63, 3.8) is 0 Å². The predicted molar refractivity (Wildman–Crippen MR) is 100 cm³/mol. The zero-order valence-electron chi connectivity index (χ0n) is 16.0. The van der Waals surface area contributed by atoms with Crippen molar-refractivity contribution < 1.29 is 19.4 Å². The van der Waals surface area contributed by atoms with Crippen molar-refractivity contribution in [2.24, 2.45) is 11.3 Å². The van der Waals surface area contributed by atoms with Gasteiger partial charge >= 0.3 is 0 Å². The Morgan fingerprint density at radius 3 is 3.00 bits per heavy atom. The van der Waals surface area contributed by atoms with Gasteiger partial charge in [-0.25, -0.2) is 0 Å². The van der Waals surface area contributed by atoms with E-state index in [4.69, 9.17) is 9.47 Å². The number of ether oxygens (including phenoxy) is 2. The van der Waals surface area contributed by atoms with Crippen LogP contribution < -0.4 is 4.74 Å². The molecule has 3 rings (SSSR count). The number of hydrogen-bond acceptors (Lipinski definition) is 4. The van der Waals surface area contributed by atoms with Gasteiger partial charge in [0.2, 0.25) is 5.91 Å². The molecular formula is C21H31NO4. The summed E-state index contributed by atoms with van der Waals surface area (Å²) >= 11 is 0. The van der Waals surface area contributed by atoms with E-state index in [0.717, 1.165) is 43.7 Å². The molecular weight excluding hydrogens is 330 g/mol. The third-order valence-corrected chi connectivity index (χ3v) is 5.88. The Bertz CT molecular complexity index is 632. The van der Waals surface area contributed by atoms with Crippen LogP contribution in [0.4, 0.5) is 0 Å². The summed E-state index contributed by atoms with van der Waals surface area (Å²) in [4.78, 5) is 14.6. The minimum Gasteiger partial charge on any atom is -0.494 e. The second-order valence-electron chi connectivity index (χ2n) is 7.72. The minimum atomic E-state index is -0.236. The zero-order chi connectivity index (χ0) is 18.6. The Labute approximate surface area is 156 Å². The van der Waals surface area contributed by atoms with E-state index in [1.165, 1.54) is 5.56 Å². The van der Waals surface area contributed by atoms with Crippen LogP contribution in [0.5, 0.6) is 5.75 Å². The lowest BCUT2D eigenvalue weighted by molar-refractivity contribution is -0.131. The summed E-state index contributed by atoms with van der Waals surface area (Å²) in [6.07, 6.45) is 3.23. The van der Waals surface area contributed by atoms with Crippen LogP contribution in [0.2, 0.25) is 0 Å². The topological polar surface area (TPSA) is 59.0 Å². The number of benzene rings is 1. The molecule has 0 aliphatic carbocycles. The van der Waals surface area contributed by atoms with Crippen LogP contribution in [-0.4, -0.2) is 55.4 Å². The van der Waals surface area contributed by atoms with Crippen molar-refractivity contribution in [2.45, 2.75) is 39.5 Å². The maximum absolute atomic E-state index is 12.6. The molecule has 0 aromatic heterocycles. The predicted octanol–water partition coefficient (Wildman–Crippen LogP) is 2.57. The van der Waals surface area contributed by atoms with E-state index in [0.29, 0.717) is 32.1 Å². The van der Waals surface area contributed by atoms with Gasteiger partial charge in [0.1, 0.15) is 5.75 Å². The van der Waals surface area contributed by atoms with E-state index in [1.807, 2.05) is 17.9 Å². The molecule has 1 N–H and O–H groups in total. The third-order valence-electron chi connectivity index (χ3n) is 5.88. The van der Waals surface area contributed by atoms with Crippen LogP contribution in [0.25, 0.3) is 0 Å². The number of amides is 1. The molecule has 2 atom stereocenters. The Hall–Kier alpha value is -1.59. The molecule has 2 aliphatic rings. The largest absolute Gasteiger partial charge is 0.494 e. The number of nitrogens with zero attached hydrogens (tertiary/aromatic N) is 1. The van der Waals surface area contributed by atoms with Crippen molar-refractivity contribution in [3.8, 4) is 5.75 Å². The second-order valence-corrected chi connectivity index (χ2v) is 7.72. The number of aliphatic hydroxyl groups excluding tert-OH is 1. The number of rotatable bonds is 7. The molecule has 1 aromatic carbocycles. The summed E-state index contributed by atoms with van der Waals surface area (Å²) in [5.74, 6) is 1.51. The highest BCUT2D eigenvalue weighted by Gasteiger charge is 2.49. The van der Waals surface area contributed by atoms with Gasteiger partial charge in [-0.2, -0.15) is 0 Å². The second kappa shape index (κ2) is 8.40. The standard InChI is InChI=1S/C21H31NO4/c1-3-26-19-8-7-17(11-16(19)2)5-4-6-20(24)22-12-18-9-10-25-15-21(18,13-22)14-23/h7-8,11,18,23H,3-6,9-10,12-15H2,1-2H3/t18-,21+/m0/s1. The lowest BCUT2D eigenvalue weighted by Gasteiger charge is -2.36. The smallest absolute Gasteiger partial charge is 0.222 e. The molecule has 2 fully saturated rings. The molecule has 2 aliphatic heterocycles. The Kier molecular flexibility index (Phi) is 6.20. The number of carbonyl (C=O) groups excluding carboxylic acids is 1. The molecule has 2 saturated heterocycles. The summed E-state index contributed by atoms with van der Waals surface area (Å²) in [6.45, 7) is 7.54. The monoisotopic (exact) mass is 361 g/mol. The summed E-state index contributed by atoms with van der Waals surface area (Å²) in [5, 5.41) is 9.83. The van der Waals surface area contributed by atoms with Crippen molar-refractivity contribution in [3.05, 3.63) is 29.3 Å². The van der Waals surface area contributed by atoms with E-state index in [2.05, 4.69) is 19.1 Å². The molecule has 2 heterocycles. The number of fused-ring (bicyclic) bond motifs is 1. The van der Waals surface area contributed by atoms with Crippen LogP contribution in [0, 0.1) is 18.3 Å². The van der Waals surface area contributed by atoms with Gasteiger partial charge in [0.05, 0.1) is 19.8 Å². The number of carbonyl (C=O) groups is 1. The first-order chi connectivity index (χ1) is 12.6. The van der Waals surface area contributed by atoms with Gasteiger partial charge in [0.15, 0.2) is 0 Å². The number of aliphatic hydroxyl groups is 1. The maximum atomic E-state index is 12.6. The quantitative estimate of drug-likeness (QED) is 0.811. The molecule has 5 heteroatoms. The van der Waals surface area contributed by atoms with Gasteiger partial charge in [-0.1, -0.05) is 12.1 Å². The fourth-order valence-electron chi connectivity index (χ4n) is 4.30. The van der Waals surface area contributed by atoms with Gasteiger partial charge in [-0.3, -0.25) is 4.79 Å². The number of hydrogen-bond donors (Lipinski definition) is 1. The SMILES string of the molecule is CCOc1ccc(CCCC(=O)N2C[C@@H]3CCOC[C@]3(CO)C2)cc1C. The average molecular weight is 361 g/mol. The van der Waals surface area contributed by atoms with E-state index in [9.17, 15) is 9.90 Å². The Balaban J connectivity index is 1.49. The summed E-state index contributed by atoms with van der Waals surface area (Å²) < 4.78 is 11.2. The average Bonchev–Trinajstić information content (AvgIpc) is 3.04. The molecule has 0 unspecified atom stereocenters. The van der Waals surface area contributed by atoms with E-state index < -0.39 is 0 Å². The molecule has 0 saturated carbocycles. The first-order valence-corrected chi connectivity index (χ1v) is 9.76. The first kappa shape index (κ1) is 19.2. The molecule has 0 spiro atoms. The van der Waals surface area contributed by atoms with Crippen molar-refractivity contribution >= 4 is 5.91 Å². The lowest BCUT2D eigenvalue weighted by atomic mass is 9.76. The van der Waals surface area contributed by atoms with Gasteiger partial charge in [-0.15, -0.1) is 0 Å². The lowest BCUT2D eigenvalue weighted by Crippen LogP contribution is -2.43. The van der Waals surface area contributed by atoms with E-state index in [1.54, 1.807) is 0 Å². The summed E-state index contributed by atoms with van der Waals surface area (Å²) in [6, 6.07) is 6.26. The fraction of sp³-hybridized carbons (Fsp3) is 0.667. The molecule has 1 amide bonds. The number of likely N-dealkylation sites (tertiary alicyclic amines) is 1. The van der Waals surface area contributed by atoms with Crippen LogP contribution >= 0.6 is 0 Å². The van der Waals surface area contributed by atoms with Crippen molar-refractivity contribution in [1.29, 1.82) is 0 Å². The molecule has 5 nitrogen and oxygen atoms in total.